The van der Waals surface area contributed by atoms with Gasteiger partial charge in [0.2, 0.25) is 0 Å². The lowest BCUT2D eigenvalue weighted by atomic mass is 10.0. The predicted octanol–water partition coefficient (Wildman–Crippen LogP) is 2.12. The molecule has 1 N–H and O–H groups in total. The number of likely N-dealkylation sites (tertiary alicyclic amines) is 1. The van der Waals surface area contributed by atoms with Gasteiger partial charge in [-0.05, 0) is 25.7 Å². The fourth-order valence-electron chi connectivity index (χ4n) is 3.22. The van der Waals surface area contributed by atoms with Gasteiger partial charge in [-0.3, -0.25) is 4.79 Å². The highest BCUT2D eigenvalue weighted by atomic mass is 16.5. The van der Waals surface area contributed by atoms with Crippen molar-refractivity contribution in [2.75, 3.05) is 37.4 Å². The Bertz CT molecular complexity index is 777. The van der Waals surface area contributed by atoms with E-state index in [4.69, 9.17) is 4.52 Å². The van der Waals surface area contributed by atoms with Crippen LogP contribution in [0, 0.1) is 0 Å². The lowest BCUT2D eigenvalue weighted by molar-refractivity contribution is 0.0708. The van der Waals surface area contributed by atoms with Crippen LogP contribution in [0.5, 0.6) is 0 Å². The Morgan fingerprint density at radius 3 is 2.65 bits per heavy atom. The summed E-state index contributed by atoms with van der Waals surface area (Å²) in [7, 11) is 3.91. The van der Waals surface area contributed by atoms with Gasteiger partial charge in [0, 0.05) is 51.3 Å². The Kier molecular flexibility index (Phi) is 4.48. The molecule has 1 aliphatic heterocycles. The van der Waals surface area contributed by atoms with E-state index in [1.807, 2.05) is 36.0 Å². The number of aromatic nitrogens is 3. The molecule has 2 fully saturated rings. The van der Waals surface area contributed by atoms with Gasteiger partial charge >= 0.3 is 0 Å². The average Bonchev–Trinajstić information content (AvgIpc) is 3.39. The van der Waals surface area contributed by atoms with Crippen molar-refractivity contribution >= 4 is 17.5 Å². The van der Waals surface area contributed by atoms with Crippen LogP contribution in [0.3, 0.4) is 0 Å². The van der Waals surface area contributed by atoms with Gasteiger partial charge < -0.3 is 19.6 Å². The number of carbonyl (C=O) groups is 1. The topological polar surface area (TPSA) is 87.4 Å². The molecule has 0 spiro atoms. The van der Waals surface area contributed by atoms with Crippen molar-refractivity contribution in [3.63, 3.8) is 0 Å². The number of rotatable bonds is 5. The fourth-order valence-corrected chi connectivity index (χ4v) is 3.22. The Hall–Kier alpha value is -2.64. The summed E-state index contributed by atoms with van der Waals surface area (Å²) >= 11 is 0. The molecule has 2 aliphatic rings. The molecular weight excluding hydrogens is 332 g/mol. The molecule has 0 bridgehead atoms. The summed E-state index contributed by atoms with van der Waals surface area (Å²) in [4.78, 5) is 24.9. The lowest BCUT2D eigenvalue weighted by Gasteiger charge is -2.32. The molecule has 2 aromatic heterocycles. The number of nitrogens with zero attached hydrogens (tertiary/aromatic N) is 5. The van der Waals surface area contributed by atoms with E-state index in [0.717, 1.165) is 43.1 Å². The summed E-state index contributed by atoms with van der Waals surface area (Å²) in [6, 6.07) is 4.05. The molecule has 8 nitrogen and oxygen atoms in total. The Morgan fingerprint density at radius 1 is 1.19 bits per heavy atom. The molecule has 2 aromatic rings. The van der Waals surface area contributed by atoms with E-state index in [1.165, 1.54) is 0 Å². The van der Waals surface area contributed by atoms with E-state index in [9.17, 15) is 4.79 Å². The molecule has 1 saturated heterocycles. The Morgan fingerprint density at radius 2 is 1.96 bits per heavy atom. The number of amides is 1. The molecule has 0 radical (unpaired) electrons. The number of nitrogens with one attached hydrogen (secondary N) is 1. The zero-order valence-corrected chi connectivity index (χ0v) is 15.2. The van der Waals surface area contributed by atoms with E-state index >= 15 is 0 Å². The highest BCUT2D eigenvalue weighted by molar-refractivity contribution is 5.92. The quantitative estimate of drug-likeness (QED) is 0.878. The van der Waals surface area contributed by atoms with Gasteiger partial charge in [-0.2, -0.15) is 0 Å². The summed E-state index contributed by atoms with van der Waals surface area (Å²) in [5.41, 5.74) is 0.435. The minimum atomic E-state index is -0.0315. The van der Waals surface area contributed by atoms with Crippen LogP contribution in [-0.2, 0) is 0 Å². The maximum Gasteiger partial charge on any atom is 0.276 e. The highest BCUT2D eigenvalue weighted by Crippen LogP contribution is 2.40. The Balaban J connectivity index is 1.32. The van der Waals surface area contributed by atoms with E-state index < -0.39 is 0 Å². The van der Waals surface area contributed by atoms with E-state index in [0.29, 0.717) is 30.7 Å². The standard InChI is InChI=1S/C18H24N6O2/c1-23(2)17-10-16(19-11-20-17)21-13-5-7-24(8-6-13)18(25)14-9-15(26-22-14)12-3-4-12/h9-13H,3-8H2,1-2H3,(H,19,20,21). The molecular formula is C18H24N6O2. The second kappa shape index (κ2) is 6.93. The molecule has 1 amide bonds. The largest absolute Gasteiger partial charge is 0.367 e. The van der Waals surface area contributed by atoms with Gasteiger partial charge in [-0.25, -0.2) is 9.97 Å². The Labute approximate surface area is 152 Å². The first-order valence-corrected chi connectivity index (χ1v) is 9.12. The summed E-state index contributed by atoms with van der Waals surface area (Å²) in [5, 5.41) is 7.41. The van der Waals surface area contributed by atoms with Crippen molar-refractivity contribution in [1.29, 1.82) is 0 Å². The molecule has 1 aliphatic carbocycles. The van der Waals surface area contributed by atoms with Crippen molar-refractivity contribution < 1.29 is 9.32 Å². The van der Waals surface area contributed by atoms with Crippen molar-refractivity contribution in [2.24, 2.45) is 0 Å². The molecule has 1 saturated carbocycles. The first kappa shape index (κ1) is 16.8. The van der Waals surface area contributed by atoms with E-state index in [2.05, 4.69) is 20.4 Å². The molecule has 0 atom stereocenters. The maximum absolute atomic E-state index is 12.6. The normalized spacial score (nSPS) is 18.0. The zero-order valence-electron chi connectivity index (χ0n) is 15.2. The lowest BCUT2D eigenvalue weighted by Crippen LogP contribution is -2.42. The molecule has 0 unspecified atom stereocenters. The van der Waals surface area contributed by atoms with Gasteiger partial charge in [-0.1, -0.05) is 5.16 Å². The molecule has 26 heavy (non-hydrogen) atoms. The summed E-state index contributed by atoms with van der Waals surface area (Å²) in [5.74, 6) is 2.98. The number of anilines is 2. The van der Waals surface area contributed by atoms with E-state index in [1.54, 1.807) is 6.33 Å². The number of hydrogen-bond acceptors (Lipinski definition) is 7. The van der Waals surface area contributed by atoms with Crippen LogP contribution in [-0.4, -0.2) is 59.2 Å². The third kappa shape index (κ3) is 3.63. The molecule has 0 aromatic carbocycles. The van der Waals surface area contributed by atoms with Crippen LogP contribution >= 0.6 is 0 Å². The monoisotopic (exact) mass is 356 g/mol. The van der Waals surface area contributed by atoms with Gasteiger partial charge in [0.15, 0.2) is 5.69 Å². The van der Waals surface area contributed by atoms with Crippen LogP contribution in [0.2, 0.25) is 0 Å². The van der Waals surface area contributed by atoms with Crippen LogP contribution < -0.4 is 10.2 Å². The molecule has 4 rings (SSSR count). The van der Waals surface area contributed by atoms with Crippen molar-refractivity contribution in [3.05, 3.63) is 29.9 Å². The van der Waals surface area contributed by atoms with Crippen molar-refractivity contribution in [2.45, 2.75) is 37.6 Å². The summed E-state index contributed by atoms with van der Waals surface area (Å²) < 4.78 is 5.30. The average molecular weight is 356 g/mol. The van der Waals surface area contributed by atoms with Crippen LogP contribution in [0.15, 0.2) is 23.0 Å². The van der Waals surface area contributed by atoms with Gasteiger partial charge in [-0.15, -0.1) is 0 Å². The molecule has 8 heteroatoms. The van der Waals surface area contributed by atoms with Crippen LogP contribution in [0.25, 0.3) is 0 Å². The van der Waals surface area contributed by atoms with Crippen molar-refractivity contribution in [3.8, 4) is 0 Å². The third-order valence-corrected chi connectivity index (χ3v) is 4.97. The first-order valence-electron chi connectivity index (χ1n) is 9.12. The predicted molar refractivity (Wildman–Crippen MR) is 97.4 cm³/mol. The van der Waals surface area contributed by atoms with E-state index in [-0.39, 0.29) is 5.91 Å². The van der Waals surface area contributed by atoms with Gasteiger partial charge in [0.05, 0.1) is 0 Å². The van der Waals surface area contributed by atoms with Gasteiger partial charge in [0.1, 0.15) is 23.7 Å². The number of hydrogen-bond donors (Lipinski definition) is 1. The maximum atomic E-state index is 12.6. The highest BCUT2D eigenvalue weighted by Gasteiger charge is 2.31. The molecule has 3 heterocycles. The van der Waals surface area contributed by atoms with Gasteiger partial charge in [0.25, 0.3) is 5.91 Å². The summed E-state index contributed by atoms with van der Waals surface area (Å²) in [6.07, 6.45) is 5.59. The second-order valence-electron chi connectivity index (χ2n) is 7.26. The minimum Gasteiger partial charge on any atom is -0.367 e. The number of carbonyl (C=O) groups excluding carboxylic acids is 1. The third-order valence-electron chi connectivity index (χ3n) is 4.97. The summed E-state index contributed by atoms with van der Waals surface area (Å²) in [6.45, 7) is 1.40. The van der Waals surface area contributed by atoms with Crippen LogP contribution in [0.4, 0.5) is 11.6 Å². The SMILES string of the molecule is CN(C)c1cc(NC2CCN(C(=O)c3cc(C4CC4)on3)CC2)ncn1. The number of piperidine rings is 1. The van der Waals surface area contributed by atoms with Crippen molar-refractivity contribution in [1.82, 2.24) is 20.0 Å². The smallest absolute Gasteiger partial charge is 0.276 e. The van der Waals surface area contributed by atoms with Crippen LogP contribution in [0.1, 0.15) is 47.8 Å². The molecule has 138 valence electrons. The zero-order chi connectivity index (χ0) is 18.1. The second-order valence-corrected chi connectivity index (χ2v) is 7.26. The minimum absolute atomic E-state index is 0.0315. The first-order chi connectivity index (χ1) is 12.6. The fraction of sp³-hybridized carbons (Fsp3) is 0.556.